The molecule has 0 heterocycles. The van der Waals surface area contributed by atoms with Crippen LogP contribution in [0.2, 0.25) is 0 Å². The number of hydrogen-bond donors (Lipinski definition) is 0. The summed E-state index contributed by atoms with van der Waals surface area (Å²) in [7, 11) is 0. The van der Waals surface area contributed by atoms with Crippen molar-refractivity contribution in [2.45, 2.75) is 6.92 Å². The van der Waals surface area contributed by atoms with Crippen molar-refractivity contribution in [3.63, 3.8) is 0 Å². The largest absolute Gasteiger partial charge is 3.00 e. The van der Waals surface area contributed by atoms with Gasteiger partial charge < -0.3 is 21.8 Å². The summed E-state index contributed by atoms with van der Waals surface area (Å²) in [5.41, 5.74) is 1.47. The fourth-order valence-corrected chi connectivity index (χ4v) is 1.35. The smallest absolute Gasteiger partial charge is 0.358 e. The molecule has 1 nitrogen and oxygen atoms in total. The SMILES string of the molecule is O=C(c1ccccc1)c1ccccc1.[CH2-]C.[CH3-].[CH3-].[W].[W].[Y+3]. The summed E-state index contributed by atoms with van der Waals surface area (Å²) in [5.74, 6) is 0.0752. The van der Waals surface area contributed by atoms with Crippen LogP contribution < -0.4 is 0 Å². The van der Waals surface area contributed by atoms with Crippen LogP contribution in [0.25, 0.3) is 0 Å². The Kier molecular flexibility index (Phi) is 32.6. The monoisotopic (exact) mass is 698 g/mol. The summed E-state index contributed by atoms with van der Waals surface area (Å²) in [6.07, 6.45) is 0. The summed E-state index contributed by atoms with van der Waals surface area (Å²) >= 11 is 0. The molecule has 0 spiro atoms. The first-order valence-corrected chi connectivity index (χ1v) is 5.23. The van der Waals surface area contributed by atoms with E-state index in [0.29, 0.717) is 0 Å². The fraction of sp³-hybridized carbons (Fsp3) is 0.0588. The standard InChI is InChI=1S/C13H10O.C2H5.2CH3.2W.Y/c14-13(11-7-3-1-4-8-11)12-9-5-2-6-10-12;1-2;;;;;/h1-10H;1H2,2H3;2*1H3;;;/q;3*-1;;;+3. The average molecular weight is 698 g/mol. The maximum atomic E-state index is 11.8. The van der Waals surface area contributed by atoms with Gasteiger partial charge in [0.25, 0.3) is 0 Å². The quantitative estimate of drug-likeness (QED) is 0.330. The Morgan fingerprint density at radius 2 is 0.952 bits per heavy atom. The van der Waals surface area contributed by atoms with E-state index < -0.39 is 0 Å². The van der Waals surface area contributed by atoms with Crippen LogP contribution in [0, 0.1) is 21.8 Å². The van der Waals surface area contributed by atoms with Gasteiger partial charge in [0.15, 0.2) is 5.78 Å². The van der Waals surface area contributed by atoms with Crippen LogP contribution in [-0.4, -0.2) is 5.78 Å². The van der Waals surface area contributed by atoms with E-state index in [2.05, 4.69) is 6.92 Å². The van der Waals surface area contributed by atoms with Crippen molar-refractivity contribution in [2.75, 3.05) is 0 Å². The molecule has 0 aliphatic carbocycles. The minimum Gasteiger partial charge on any atom is -0.358 e. The second kappa shape index (κ2) is 20.6. The van der Waals surface area contributed by atoms with Gasteiger partial charge in [-0.2, -0.15) is 6.92 Å². The molecule has 2 rings (SSSR count). The maximum Gasteiger partial charge on any atom is 3.00 e. The van der Waals surface area contributed by atoms with Crippen LogP contribution in [0.3, 0.4) is 0 Å². The van der Waals surface area contributed by atoms with Gasteiger partial charge in [0.1, 0.15) is 0 Å². The molecule has 0 aromatic heterocycles. The van der Waals surface area contributed by atoms with Crippen molar-refractivity contribution in [2.24, 2.45) is 0 Å². The molecule has 0 saturated carbocycles. The second-order valence-electron chi connectivity index (χ2n) is 3.06. The Labute approximate surface area is 184 Å². The van der Waals surface area contributed by atoms with Crippen molar-refractivity contribution in [3.05, 3.63) is 93.6 Å². The average Bonchev–Trinajstić information content (AvgIpc) is 2.42. The van der Waals surface area contributed by atoms with E-state index in [1.54, 1.807) is 6.92 Å². The molecule has 0 amide bonds. The Balaban J connectivity index is -0.000000117. The summed E-state index contributed by atoms with van der Waals surface area (Å²) in [5, 5.41) is 0. The zero-order valence-corrected chi connectivity index (χ0v) is 21.5. The molecular weight excluding hydrogens is 677 g/mol. The van der Waals surface area contributed by atoms with E-state index in [4.69, 9.17) is 0 Å². The predicted octanol–water partition coefficient (Wildman–Crippen LogP) is 4.65. The van der Waals surface area contributed by atoms with Gasteiger partial charge in [0, 0.05) is 53.3 Å². The van der Waals surface area contributed by atoms with E-state index in [-0.39, 0.29) is 95.5 Å². The van der Waals surface area contributed by atoms with Crippen molar-refractivity contribution in [3.8, 4) is 0 Å². The number of hydrogen-bond acceptors (Lipinski definition) is 1. The molecule has 0 atom stereocenters. The topological polar surface area (TPSA) is 17.1 Å². The molecule has 21 heavy (non-hydrogen) atoms. The number of carbonyl (C=O) groups is 1. The first-order valence-electron chi connectivity index (χ1n) is 5.23. The van der Waals surface area contributed by atoms with Gasteiger partial charge >= 0.3 is 32.7 Å². The third-order valence-corrected chi connectivity index (χ3v) is 2.07. The Hall–Kier alpha value is 0.591. The number of rotatable bonds is 2. The van der Waals surface area contributed by atoms with Crippen LogP contribution in [0.15, 0.2) is 60.7 Å². The van der Waals surface area contributed by atoms with E-state index >= 15 is 0 Å². The van der Waals surface area contributed by atoms with Gasteiger partial charge in [0.05, 0.1) is 0 Å². The Bertz CT molecular complexity index is 392. The normalized spacial score (nSPS) is 6.76. The number of ketones is 1. The molecule has 0 aliphatic heterocycles. The van der Waals surface area contributed by atoms with E-state index in [9.17, 15) is 4.79 Å². The van der Waals surface area contributed by atoms with Crippen molar-refractivity contribution in [1.29, 1.82) is 0 Å². The molecule has 2 aromatic rings. The molecular formula is C17H21OW2Y. The second-order valence-corrected chi connectivity index (χ2v) is 3.06. The van der Waals surface area contributed by atoms with Crippen LogP contribution >= 0.6 is 0 Å². The zero-order valence-electron chi connectivity index (χ0n) is 12.8. The minimum absolute atomic E-state index is 0. The van der Waals surface area contributed by atoms with E-state index in [1.165, 1.54) is 0 Å². The number of carbonyl (C=O) groups excluding carboxylic acids is 1. The molecule has 0 fully saturated rings. The van der Waals surface area contributed by atoms with Crippen LogP contribution in [0.5, 0.6) is 0 Å². The summed E-state index contributed by atoms with van der Waals surface area (Å²) < 4.78 is 0. The first kappa shape index (κ1) is 33.3. The third kappa shape index (κ3) is 11.8. The number of benzene rings is 2. The molecule has 0 radical (unpaired) electrons. The molecule has 0 unspecified atom stereocenters. The summed E-state index contributed by atoms with van der Waals surface area (Å²) in [6, 6.07) is 18.6. The van der Waals surface area contributed by atoms with Gasteiger partial charge in [-0.15, -0.1) is 0 Å². The van der Waals surface area contributed by atoms with Crippen molar-refractivity contribution < 1.29 is 79.6 Å². The van der Waals surface area contributed by atoms with Gasteiger partial charge in [0.2, 0.25) is 0 Å². The molecule has 0 N–H and O–H groups in total. The predicted molar refractivity (Wildman–Crippen MR) is 80.2 cm³/mol. The summed E-state index contributed by atoms with van der Waals surface area (Å²) in [4.78, 5) is 11.8. The Morgan fingerprint density at radius 3 is 1.19 bits per heavy atom. The third-order valence-electron chi connectivity index (χ3n) is 2.07. The molecule has 110 valence electrons. The maximum absolute atomic E-state index is 11.8. The van der Waals surface area contributed by atoms with Gasteiger partial charge in [-0.3, -0.25) is 4.79 Å². The van der Waals surface area contributed by atoms with Crippen LogP contribution in [-0.2, 0) is 74.8 Å². The first-order chi connectivity index (χ1) is 7.88. The van der Waals surface area contributed by atoms with E-state index in [1.807, 2.05) is 60.7 Å². The fourth-order valence-electron chi connectivity index (χ4n) is 1.35. The molecule has 0 aliphatic rings. The Morgan fingerprint density at radius 1 is 0.714 bits per heavy atom. The summed E-state index contributed by atoms with van der Waals surface area (Å²) in [6.45, 7) is 5.00. The van der Waals surface area contributed by atoms with Crippen LogP contribution in [0.4, 0.5) is 0 Å². The van der Waals surface area contributed by atoms with Gasteiger partial charge in [-0.1, -0.05) is 60.7 Å². The van der Waals surface area contributed by atoms with Crippen LogP contribution in [0.1, 0.15) is 22.8 Å². The van der Waals surface area contributed by atoms with Gasteiger partial charge in [-0.05, 0) is 0 Å². The molecule has 0 saturated heterocycles. The zero-order chi connectivity index (χ0) is 11.8. The van der Waals surface area contributed by atoms with Crippen molar-refractivity contribution in [1.82, 2.24) is 0 Å². The van der Waals surface area contributed by atoms with Gasteiger partial charge in [-0.25, -0.2) is 0 Å². The molecule has 0 bridgehead atoms. The molecule has 4 heteroatoms. The molecule has 2 aromatic carbocycles. The van der Waals surface area contributed by atoms with Crippen molar-refractivity contribution >= 4 is 5.78 Å². The minimum atomic E-state index is 0. The van der Waals surface area contributed by atoms with E-state index in [0.717, 1.165) is 11.1 Å².